The molecule has 0 radical (unpaired) electrons. The highest BCUT2D eigenvalue weighted by Crippen LogP contribution is 2.54. The molecule has 6 unspecified atom stereocenters. The molecular weight excluding hydrogens is 488 g/mol. The predicted octanol–water partition coefficient (Wildman–Crippen LogP) is 4.75. The van der Waals surface area contributed by atoms with Gasteiger partial charge in [0.25, 0.3) is 5.56 Å². The summed E-state index contributed by atoms with van der Waals surface area (Å²) < 4.78 is 26.4. The molecule has 216 valence electrons. The van der Waals surface area contributed by atoms with Gasteiger partial charge in [0, 0.05) is 35.9 Å². The second kappa shape index (κ2) is 11.3. The number of esters is 1. The lowest BCUT2D eigenvalue weighted by Crippen LogP contribution is -2.64. The van der Waals surface area contributed by atoms with Crippen LogP contribution >= 0.6 is 0 Å². The molecule has 0 saturated carbocycles. The first-order valence-electron chi connectivity index (χ1n) is 14.0. The molecule has 1 aromatic rings. The summed E-state index contributed by atoms with van der Waals surface area (Å²) in [6.07, 6.45) is 2.74. The average molecular weight is 537 g/mol. The molecule has 1 N–H and O–H groups in total. The van der Waals surface area contributed by atoms with E-state index < -0.39 is 23.1 Å². The molecule has 3 heterocycles. The molecule has 2 saturated heterocycles. The first-order chi connectivity index (χ1) is 17.5. The Morgan fingerprint density at radius 3 is 2.37 bits per heavy atom. The number of hydrogen-bond acceptors (Lipinski definition) is 7. The summed E-state index contributed by atoms with van der Waals surface area (Å²) in [6.45, 7) is 21.0. The summed E-state index contributed by atoms with van der Waals surface area (Å²) in [4.78, 5) is 39.4. The van der Waals surface area contributed by atoms with Crippen LogP contribution in [0.4, 0.5) is 0 Å². The van der Waals surface area contributed by atoms with Gasteiger partial charge in [0.05, 0.1) is 31.0 Å². The zero-order valence-corrected chi connectivity index (χ0v) is 24.9. The van der Waals surface area contributed by atoms with Crippen LogP contribution in [-0.4, -0.2) is 46.7 Å². The molecule has 38 heavy (non-hydrogen) atoms. The fourth-order valence-electron chi connectivity index (χ4n) is 6.45. The molecule has 0 aromatic carbocycles. The van der Waals surface area contributed by atoms with Crippen LogP contribution in [0.3, 0.4) is 0 Å². The number of aromatic amines is 1. The van der Waals surface area contributed by atoms with Crippen molar-refractivity contribution in [2.75, 3.05) is 13.2 Å². The van der Waals surface area contributed by atoms with Gasteiger partial charge in [-0.1, -0.05) is 55.4 Å². The van der Waals surface area contributed by atoms with E-state index in [9.17, 15) is 14.4 Å². The van der Waals surface area contributed by atoms with Gasteiger partial charge in [-0.25, -0.2) is 4.79 Å². The van der Waals surface area contributed by atoms with E-state index in [0.717, 1.165) is 6.42 Å². The Hall–Kier alpha value is -1.97. The number of nitrogens with one attached hydrogen (secondary N) is 1. The first kappa shape index (κ1) is 30.6. The molecule has 9 heteroatoms. The summed E-state index contributed by atoms with van der Waals surface area (Å²) in [7, 11) is 0. The molecule has 3 rings (SSSR count). The van der Waals surface area contributed by atoms with Crippen molar-refractivity contribution in [2.45, 2.75) is 119 Å². The lowest BCUT2D eigenvalue weighted by atomic mass is 9.69. The van der Waals surface area contributed by atoms with Crippen LogP contribution in [0.5, 0.6) is 0 Å². The number of H-pyrrole nitrogens is 1. The van der Waals surface area contributed by atoms with Crippen molar-refractivity contribution in [3.63, 3.8) is 0 Å². The highest BCUT2D eigenvalue weighted by Gasteiger charge is 2.61. The van der Waals surface area contributed by atoms with E-state index in [2.05, 4.69) is 60.4 Å². The zero-order chi connectivity index (χ0) is 28.6. The number of fused-ring (bicyclic) bond motifs is 1. The van der Waals surface area contributed by atoms with E-state index >= 15 is 0 Å². The Morgan fingerprint density at radius 2 is 1.82 bits per heavy atom. The summed E-state index contributed by atoms with van der Waals surface area (Å²) in [5.74, 6) is -0.979. The molecule has 1 aromatic heterocycles. The van der Waals surface area contributed by atoms with Crippen LogP contribution < -0.4 is 11.2 Å². The van der Waals surface area contributed by atoms with Crippen LogP contribution in [0.25, 0.3) is 0 Å². The van der Waals surface area contributed by atoms with Crippen molar-refractivity contribution in [3.05, 3.63) is 32.6 Å². The normalized spacial score (nSPS) is 27.0. The summed E-state index contributed by atoms with van der Waals surface area (Å²) in [5.41, 5.74) is -1.02. The maximum absolute atomic E-state index is 13.1. The number of aromatic nitrogens is 2. The molecule has 2 aliphatic rings. The van der Waals surface area contributed by atoms with Gasteiger partial charge in [0.15, 0.2) is 5.79 Å². The topological polar surface area (TPSA) is 109 Å². The monoisotopic (exact) mass is 536 g/mol. The van der Waals surface area contributed by atoms with Crippen LogP contribution in [-0.2, 0) is 23.7 Å². The second-order valence-electron chi connectivity index (χ2n) is 13.2. The van der Waals surface area contributed by atoms with Crippen molar-refractivity contribution >= 4 is 5.97 Å². The Morgan fingerprint density at radius 1 is 1.18 bits per heavy atom. The van der Waals surface area contributed by atoms with Gasteiger partial charge in [0.1, 0.15) is 6.10 Å². The molecule has 0 bridgehead atoms. The molecule has 2 aliphatic heterocycles. The van der Waals surface area contributed by atoms with Crippen molar-refractivity contribution in [3.8, 4) is 0 Å². The molecular formula is C29H48N2O7. The molecule has 9 nitrogen and oxygen atoms in total. The van der Waals surface area contributed by atoms with E-state index in [1.807, 2.05) is 6.92 Å². The number of carbonyl (C=O) groups excluding carboxylic acids is 1. The number of ether oxygens (including phenoxy) is 4. The van der Waals surface area contributed by atoms with Crippen LogP contribution in [0.15, 0.2) is 15.8 Å². The number of carbonyl (C=O) groups is 1. The largest absolute Gasteiger partial charge is 0.466 e. The summed E-state index contributed by atoms with van der Waals surface area (Å²) in [5, 5.41) is 0. The van der Waals surface area contributed by atoms with Gasteiger partial charge in [-0.15, -0.1) is 0 Å². The summed E-state index contributed by atoms with van der Waals surface area (Å²) in [6, 6.07) is -0.164. The van der Waals surface area contributed by atoms with Gasteiger partial charge in [0.2, 0.25) is 0 Å². The fraction of sp³-hybridized carbons (Fsp3) is 0.828. The first-order valence-corrected chi connectivity index (χ1v) is 14.0. The Kier molecular flexibility index (Phi) is 9.06. The lowest BCUT2D eigenvalue weighted by molar-refractivity contribution is -0.391. The highest BCUT2D eigenvalue weighted by molar-refractivity contribution is 5.65. The van der Waals surface area contributed by atoms with Crippen molar-refractivity contribution < 1.29 is 23.7 Å². The van der Waals surface area contributed by atoms with Gasteiger partial charge in [-0.05, 0) is 32.1 Å². The lowest BCUT2D eigenvalue weighted by Gasteiger charge is -2.56. The molecule has 0 aliphatic carbocycles. The molecule has 2 fully saturated rings. The van der Waals surface area contributed by atoms with Crippen LogP contribution in [0.2, 0.25) is 0 Å². The Labute approximate surface area is 226 Å². The molecule has 6 atom stereocenters. The van der Waals surface area contributed by atoms with Crippen molar-refractivity contribution in [1.29, 1.82) is 0 Å². The minimum Gasteiger partial charge on any atom is -0.466 e. The quantitative estimate of drug-likeness (QED) is 0.478. The third kappa shape index (κ3) is 5.94. The second-order valence-corrected chi connectivity index (χ2v) is 13.2. The molecule has 0 spiro atoms. The van der Waals surface area contributed by atoms with Crippen LogP contribution in [0, 0.1) is 22.7 Å². The van der Waals surface area contributed by atoms with Gasteiger partial charge >= 0.3 is 11.7 Å². The number of rotatable bonds is 8. The van der Waals surface area contributed by atoms with E-state index in [1.54, 1.807) is 10.8 Å². The Bertz CT molecular complexity index is 1080. The number of nitrogens with zero attached hydrogens (tertiary/aromatic N) is 1. The minimum absolute atomic E-state index is 0.0713. The van der Waals surface area contributed by atoms with E-state index in [1.165, 1.54) is 6.92 Å². The van der Waals surface area contributed by atoms with Gasteiger partial charge in [-0.2, -0.15) is 0 Å². The predicted molar refractivity (Wildman–Crippen MR) is 145 cm³/mol. The highest BCUT2D eigenvalue weighted by atomic mass is 16.7. The summed E-state index contributed by atoms with van der Waals surface area (Å²) >= 11 is 0. The van der Waals surface area contributed by atoms with Crippen molar-refractivity contribution in [1.82, 2.24) is 9.55 Å². The maximum atomic E-state index is 13.1. The third-order valence-corrected chi connectivity index (χ3v) is 8.13. The van der Waals surface area contributed by atoms with Crippen LogP contribution in [0.1, 0.15) is 106 Å². The SMILES string of the molecule is CCC1C(c2cn(C(C)CC(C)CCOC(C)=O)c(=O)[nH]c2=O)OC2COC(C(C)(C)C)(C(C)(C)C)OC21. The number of hydrogen-bond donors (Lipinski definition) is 1. The maximum Gasteiger partial charge on any atom is 0.328 e. The van der Waals surface area contributed by atoms with Crippen molar-refractivity contribution in [2.24, 2.45) is 22.7 Å². The standard InChI is InChI=1S/C29H48N2O7/c1-11-20-23(37-22-16-36-29(27(5,6)7,28(8,9)10)38-24(20)22)21-15-31(26(34)30-25(21)33)18(3)14-17(2)12-13-35-19(4)32/h15,17-18,20,22-24H,11-14,16H2,1-10H3,(H,30,33,34). The zero-order valence-electron chi connectivity index (χ0n) is 24.9. The smallest absolute Gasteiger partial charge is 0.328 e. The fourth-order valence-corrected chi connectivity index (χ4v) is 6.45. The third-order valence-electron chi connectivity index (χ3n) is 8.13. The van der Waals surface area contributed by atoms with Gasteiger partial charge in [-0.3, -0.25) is 19.1 Å². The average Bonchev–Trinajstić information content (AvgIpc) is 3.14. The van der Waals surface area contributed by atoms with Gasteiger partial charge < -0.3 is 18.9 Å². The molecule has 0 amide bonds. The van der Waals surface area contributed by atoms with E-state index in [0.29, 0.717) is 31.6 Å². The van der Waals surface area contributed by atoms with E-state index in [4.69, 9.17) is 18.9 Å². The minimum atomic E-state index is -0.825. The Balaban J connectivity index is 1.88. The van der Waals surface area contributed by atoms with E-state index in [-0.39, 0.29) is 46.9 Å².